The number of aliphatic imine (C=N–C) groups is 1. The molecule has 4 rings (SSSR count). The van der Waals surface area contributed by atoms with Gasteiger partial charge in [-0.15, -0.1) is 0 Å². The molecule has 172 valence electrons. The third-order valence-electron chi connectivity index (χ3n) is 5.75. The number of amides is 1. The maximum absolute atomic E-state index is 13.0. The van der Waals surface area contributed by atoms with E-state index >= 15 is 0 Å². The van der Waals surface area contributed by atoms with Crippen LogP contribution >= 0.6 is 0 Å². The second-order valence-electron chi connectivity index (χ2n) is 8.80. The molecule has 1 N–H and O–H groups in total. The number of nitrogens with zero attached hydrogens (tertiary/aromatic N) is 3. The van der Waals surface area contributed by atoms with Gasteiger partial charge >= 0.3 is 0 Å². The lowest BCUT2D eigenvalue weighted by Gasteiger charge is -2.16. The number of aryl methyl sites for hydroxylation is 1. The van der Waals surface area contributed by atoms with E-state index in [-0.39, 0.29) is 5.91 Å². The Hall–Kier alpha value is -4.56. The molecule has 0 saturated heterocycles. The molecule has 3 aromatic carbocycles. The first-order valence-electron chi connectivity index (χ1n) is 11.4. The van der Waals surface area contributed by atoms with Crippen LogP contribution in [0.15, 0.2) is 102 Å². The van der Waals surface area contributed by atoms with Crippen LogP contribution in [0.25, 0.3) is 0 Å². The molecule has 1 aromatic heterocycles. The summed E-state index contributed by atoms with van der Waals surface area (Å²) in [5, 5.41) is 12.3. The molecule has 35 heavy (non-hydrogen) atoms. The van der Waals surface area contributed by atoms with Gasteiger partial charge in [0.15, 0.2) is 5.82 Å². The molecule has 0 spiro atoms. The van der Waals surface area contributed by atoms with Crippen molar-refractivity contribution in [1.29, 1.82) is 5.26 Å². The van der Waals surface area contributed by atoms with Crippen LogP contribution < -0.4 is 5.32 Å². The highest BCUT2D eigenvalue weighted by molar-refractivity contribution is 6.14. The summed E-state index contributed by atoms with van der Waals surface area (Å²) in [5.74, 6) is 0.646. The van der Waals surface area contributed by atoms with Gasteiger partial charge in [0.1, 0.15) is 5.82 Å². The molecule has 5 heteroatoms. The summed E-state index contributed by atoms with van der Waals surface area (Å²) in [5.41, 5.74) is 4.21. The molecule has 0 atom stereocenters. The smallest absolute Gasteiger partial charge is 0.256 e. The van der Waals surface area contributed by atoms with Crippen LogP contribution in [0, 0.1) is 18.3 Å². The SMILES string of the molecule is Cc1ccc(NC(=O)c2cccc(C(C)(C)C#N)c2)nc1N=C(c1ccccc1)c1ccccc1. The van der Waals surface area contributed by atoms with Crippen molar-refractivity contribution in [2.24, 2.45) is 4.99 Å². The van der Waals surface area contributed by atoms with Crippen molar-refractivity contribution < 1.29 is 4.79 Å². The van der Waals surface area contributed by atoms with Crippen LogP contribution in [0.1, 0.15) is 46.5 Å². The summed E-state index contributed by atoms with van der Waals surface area (Å²) in [7, 11) is 0. The van der Waals surface area contributed by atoms with Gasteiger partial charge in [-0.2, -0.15) is 5.26 Å². The number of nitrogens with one attached hydrogen (secondary N) is 1. The number of pyridine rings is 1. The number of anilines is 1. The molecule has 0 aliphatic heterocycles. The van der Waals surface area contributed by atoms with Gasteiger partial charge in [0.2, 0.25) is 0 Å². The van der Waals surface area contributed by atoms with Crippen molar-refractivity contribution in [3.63, 3.8) is 0 Å². The van der Waals surface area contributed by atoms with Crippen molar-refractivity contribution in [1.82, 2.24) is 4.98 Å². The van der Waals surface area contributed by atoms with Gasteiger partial charge in [-0.1, -0.05) is 78.9 Å². The number of rotatable bonds is 6. The number of aromatic nitrogens is 1. The molecule has 0 bridgehead atoms. The Labute approximate surface area is 205 Å². The summed E-state index contributed by atoms with van der Waals surface area (Å²) in [4.78, 5) is 22.5. The fourth-order valence-electron chi connectivity index (χ4n) is 3.60. The van der Waals surface area contributed by atoms with Gasteiger partial charge in [-0.25, -0.2) is 9.98 Å². The minimum Gasteiger partial charge on any atom is -0.306 e. The Kier molecular flexibility index (Phi) is 6.84. The molecule has 0 unspecified atom stereocenters. The Bertz CT molecular complexity index is 1380. The van der Waals surface area contributed by atoms with E-state index in [4.69, 9.17) is 4.99 Å². The predicted molar refractivity (Wildman–Crippen MR) is 140 cm³/mol. The summed E-state index contributed by atoms with van der Waals surface area (Å²) >= 11 is 0. The van der Waals surface area contributed by atoms with Crippen LogP contribution in [0.3, 0.4) is 0 Å². The average Bonchev–Trinajstić information content (AvgIpc) is 2.90. The highest BCUT2D eigenvalue weighted by atomic mass is 16.1. The van der Waals surface area contributed by atoms with Crippen molar-refractivity contribution in [3.05, 3.63) is 125 Å². The van der Waals surface area contributed by atoms with E-state index in [9.17, 15) is 10.1 Å². The minimum absolute atomic E-state index is 0.293. The molecular formula is C30H26N4O. The molecule has 1 amide bonds. The normalized spacial score (nSPS) is 10.8. The average molecular weight is 459 g/mol. The standard InChI is InChI=1S/C30H26N4O/c1-21-17-18-26(33-29(35)24-15-10-16-25(19-24)30(2,3)20-31)32-28(21)34-27(22-11-6-4-7-12-22)23-13-8-5-9-14-23/h4-19H,1-3H3,(H,32,33,35). The zero-order valence-corrected chi connectivity index (χ0v) is 20.0. The fraction of sp³-hybridized carbons (Fsp3) is 0.133. The molecule has 0 aliphatic rings. The maximum Gasteiger partial charge on any atom is 0.256 e. The van der Waals surface area contributed by atoms with E-state index in [0.29, 0.717) is 17.2 Å². The molecule has 0 fully saturated rings. The highest BCUT2D eigenvalue weighted by Crippen LogP contribution is 2.25. The Morgan fingerprint density at radius 2 is 1.46 bits per heavy atom. The number of hydrogen-bond acceptors (Lipinski definition) is 4. The zero-order chi connectivity index (χ0) is 24.8. The Morgan fingerprint density at radius 3 is 2.06 bits per heavy atom. The lowest BCUT2D eigenvalue weighted by molar-refractivity contribution is 0.102. The molecule has 5 nitrogen and oxygen atoms in total. The topological polar surface area (TPSA) is 78.1 Å². The fourth-order valence-corrected chi connectivity index (χ4v) is 3.60. The van der Waals surface area contributed by atoms with E-state index in [1.54, 1.807) is 24.3 Å². The molecule has 0 aliphatic carbocycles. The van der Waals surface area contributed by atoms with Gasteiger partial charge in [-0.05, 0) is 50.1 Å². The van der Waals surface area contributed by atoms with E-state index < -0.39 is 5.41 Å². The lowest BCUT2D eigenvalue weighted by Crippen LogP contribution is -2.17. The highest BCUT2D eigenvalue weighted by Gasteiger charge is 2.21. The van der Waals surface area contributed by atoms with Gasteiger partial charge in [0.05, 0.1) is 17.2 Å². The van der Waals surface area contributed by atoms with Crippen molar-refractivity contribution >= 4 is 23.3 Å². The Balaban J connectivity index is 1.68. The van der Waals surface area contributed by atoms with Gasteiger partial charge < -0.3 is 5.32 Å². The number of benzene rings is 3. The van der Waals surface area contributed by atoms with Crippen LogP contribution in [-0.4, -0.2) is 16.6 Å². The maximum atomic E-state index is 13.0. The quantitative estimate of drug-likeness (QED) is 0.330. The largest absolute Gasteiger partial charge is 0.306 e. The number of carbonyl (C=O) groups excluding carboxylic acids is 1. The first kappa shape index (κ1) is 23.6. The Morgan fingerprint density at radius 1 is 0.857 bits per heavy atom. The van der Waals surface area contributed by atoms with Crippen LogP contribution in [0.5, 0.6) is 0 Å². The number of nitriles is 1. The zero-order valence-electron chi connectivity index (χ0n) is 20.0. The summed E-state index contributed by atoms with van der Waals surface area (Å²) < 4.78 is 0. The molecule has 1 heterocycles. The number of hydrogen-bond donors (Lipinski definition) is 1. The third-order valence-corrected chi connectivity index (χ3v) is 5.75. The summed E-state index contributed by atoms with van der Waals surface area (Å²) in [6.45, 7) is 5.60. The van der Waals surface area contributed by atoms with Crippen LogP contribution in [0.2, 0.25) is 0 Å². The van der Waals surface area contributed by atoms with Gasteiger partial charge in [0, 0.05) is 16.7 Å². The minimum atomic E-state index is -0.689. The van der Waals surface area contributed by atoms with Crippen molar-refractivity contribution in [2.75, 3.05) is 5.32 Å². The van der Waals surface area contributed by atoms with Crippen molar-refractivity contribution in [2.45, 2.75) is 26.2 Å². The van der Waals surface area contributed by atoms with Crippen LogP contribution in [-0.2, 0) is 5.41 Å². The third kappa shape index (κ3) is 5.51. The van der Waals surface area contributed by atoms with E-state index in [1.807, 2.05) is 93.6 Å². The summed E-state index contributed by atoms with van der Waals surface area (Å²) in [6.07, 6.45) is 0. The van der Waals surface area contributed by atoms with Gasteiger partial charge in [-0.3, -0.25) is 4.79 Å². The number of carbonyl (C=O) groups is 1. The molecule has 0 radical (unpaired) electrons. The van der Waals surface area contributed by atoms with E-state index in [2.05, 4.69) is 16.4 Å². The summed E-state index contributed by atoms with van der Waals surface area (Å²) in [6, 6.07) is 33.0. The second-order valence-corrected chi connectivity index (χ2v) is 8.80. The predicted octanol–water partition coefficient (Wildman–Crippen LogP) is 6.61. The molecule has 4 aromatic rings. The van der Waals surface area contributed by atoms with E-state index in [0.717, 1.165) is 28.0 Å². The van der Waals surface area contributed by atoms with E-state index in [1.165, 1.54) is 0 Å². The molecular weight excluding hydrogens is 432 g/mol. The van der Waals surface area contributed by atoms with Crippen LogP contribution in [0.4, 0.5) is 11.6 Å². The van der Waals surface area contributed by atoms with Crippen molar-refractivity contribution in [3.8, 4) is 6.07 Å². The monoisotopic (exact) mass is 458 g/mol. The van der Waals surface area contributed by atoms with Gasteiger partial charge in [0.25, 0.3) is 5.91 Å². The lowest BCUT2D eigenvalue weighted by atomic mass is 9.85. The first-order chi connectivity index (χ1) is 16.9. The second kappa shape index (κ2) is 10.1. The first-order valence-corrected chi connectivity index (χ1v) is 11.4. The molecule has 0 saturated carbocycles.